The van der Waals surface area contributed by atoms with E-state index in [1.54, 1.807) is 0 Å². The molecule has 0 aliphatic heterocycles. The summed E-state index contributed by atoms with van der Waals surface area (Å²) in [4.78, 5) is 12.1. The minimum atomic E-state index is 0.0307. The first-order valence-corrected chi connectivity index (χ1v) is 8.44. The number of hydrogen-bond donors (Lipinski definition) is 2. The zero-order valence-electron chi connectivity index (χ0n) is 13.7. The molecule has 122 valence electrons. The maximum atomic E-state index is 12.1. The van der Waals surface area contributed by atoms with Crippen molar-refractivity contribution >= 4 is 11.6 Å². The highest BCUT2D eigenvalue weighted by atomic mass is 16.5. The van der Waals surface area contributed by atoms with Gasteiger partial charge in [-0.05, 0) is 38.8 Å². The van der Waals surface area contributed by atoms with Crippen molar-refractivity contribution in [2.75, 3.05) is 11.9 Å². The molecule has 0 unspecified atom stereocenters. The fourth-order valence-corrected chi connectivity index (χ4v) is 2.84. The predicted molar refractivity (Wildman–Crippen MR) is 90.3 cm³/mol. The molecule has 1 aliphatic carbocycles. The summed E-state index contributed by atoms with van der Waals surface area (Å²) in [6, 6.07) is 8.18. The molecule has 0 spiro atoms. The molecule has 0 bridgehead atoms. The molecule has 1 aromatic rings. The minimum absolute atomic E-state index is 0.0307. The largest absolute Gasteiger partial charge is 0.489 e. The highest BCUT2D eigenvalue weighted by Crippen LogP contribution is 2.25. The SMILES string of the molecule is CC(C)Oc1ccccc1NC(=O)CCNC1CCCCC1. The Labute approximate surface area is 133 Å². The second-order valence-corrected chi connectivity index (χ2v) is 6.25. The van der Waals surface area contributed by atoms with Crippen LogP contribution in [0, 0.1) is 0 Å². The van der Waals surface area contributed by atoms with Crippen LogP contribution in [0.4, 0.5) is 5.69 Å². The van der Waals surface area contributed by atoms with Crippen molar-refractivity contribution in [2.24, 2.45) is 0 Å². The fourth-order valence-electron chi connectivity index (χ4n) is 2.84. The molecule has 1 fully saturated rings. The van der Waals surface area contributed by atoms with Crippen LogP contribution < -0.4 is 15.4 Å². The number of hydrogen-bond acceptors (Lipinski definition) is 3. The van der Waals surface area contributed by atoms with Crippen molar-refractivity contribution in [3.8, 4) is 5.75 Å². The third-order valence-electron chi connectivity index (χ3n) is 3.91. The Morgan fingerprint density at radius 1 is 1.23 bits per heavy atom. The van der Waals surface area contributed by atoms with Gasteiger partial charge in [0.05, 0.1) is 11.8 Å². The third-order valence-corrected chi connectivity index (χ3v) is 3.91. The smallest absolute Gasteiger partial charge is 0.225 e. The maximum absolute atomic E-state index is 12.1. The number of carbonyl (C=O) groups is 1. The predicted octanol–water partition coefficient (Wildman–Crippen LogP) is 3.72. The number of ether oxygens (including phenoxy) is 1. The Hall–Kier alpha value is -1.55. The highest BCUT2D eigenvalue weighted by Gasteiger charge is 2.13. The van der Waals surface area contributed by atoms with Crippen molar-refractivity contribution in [1.29, 1.82) is 0 Å². The maximum Gasteiger partial charge on any atom is 0.225 e. The molecule has 1 aliphatic rings. The summed E-state index contributed by atoms with van der Waals surface area (Å²) in [6.45, 7) is 4.70. The molecule has 2 rings (SSSR count). The molecular weight excluding hydrogens is 276 g/mol. The normalized spacial score (nSPS) is 15.8. The van der Waals surface area contributed by atoms with Crippen LogP contribution in [-0.4, -0.2) is 24.6 Å². The fraction of sp³-hybridized carbons (Fsp3) is 0.611. The monoisotopic (exact) mass is 304 g/mol. The van der Waals surface area contributed by atoms with E-state index in [1.807, 2.05) is 38.1 Å². The molecule has 2 N–H and O–H groups in total. The van der Waals surface area contributed by atoms with Gasteiger partial charge >= 0.3 is 0 Å². The van der Waals surface area contributed by atoms with Gasteiger partial charge in [-0.1, -0.05) is 31.4 Å². The number of benzene rings is 1. The van der Waals surface area contributed by atoms with Gasteiger partial charge in [-0.25, -0.2) is 0 Å². The van der Waals surface area contributed by atoms with Crippen molar-refractivity contribution < 1.29 is 9.53 Å². The number of para-hydroxylation sites is 2. The lowest BCUT2D eigenvalue weighted by atomic mass is 9.95. The van der Waals surface area contributed by atoms with Crippen LogP contribution in [0.1, 0.15) is 52.4 Å². The first-order valence-electron chi connectivity index (χ1n) is 8.44. The first-order chi connectivity index (χ1) is 10.6. The summed E-state index contributed by atoms with van der Waals surface area (Å²) in [5, 5.41) is 6.44. The summed E-state index contributed by atoms with van der Waals surface area (Å²) in [7, 11) is 0. The van der Waals surface area contributed by atoms with Crippen molar-refractivity contribution in [2.45, 2.75) is 64.5 Å². The summed E-state index contributed by atoms with van der Waals surface area (Å²) in [5.41, 5.74) is 0.749. The van der Waals surface area contributed by atoms with Crippen LogP contribution in [0.15, 0.2) is 24.3 Å². The molecule has 0 atom stereocenters. The molecule has 1 saturated carbocycles. The average molecular weight is 304 g/mol. The minimum Gasteiger partial charge on any atom is -0.489 e. The number of anilines is 1. The van der Waals surface area contributed by atoms with E-state index in [0.29, 0.717) is 12.5 Å². The molecule has 0 saturated heterocycles. The Kier molecular flexibility index (Phi) is 6.72. The summed E-state index contributed by atoms with van der Waals surface area (Å²) in [6.07, 6.45) is 7.04. The van der Waals surface area contributed by atoms with Gasteiger partial charge in [0.2, 0.25) is 5.91 Å². The summed E-state index contributed by atoms with van der Waals surface area (Å²) < 4.78 is 5.72. The zero-order chi connectivity index (χ0) is 15.8. The van der Waals surface area contributed by atoms with E-state index < -0.39 is 0 Å². The van der Waals surface area contributed by atoms with Crippen molar-refractivity contribution in [3.05, 3.63) is 24.3 Å². The van der Waals surface area contributed by atoms with Gasteiger partial charge in [-0.3, -0.25) is 4.79 Å². The molecule has 1 aromatic carbocycles. The molecule has 0 radical (unpaired) electrons. The second-order valence-electron chi connectivity index (χ2n) is 6.25. The molecule has 22 heavy (non-hydrogen) atoms. The molecule has 4 heteroatoms. The Morgan fingerprint density at radius 3 is 2.68 bits per heavy atom. The summed E-state index contributed by atoms with van der Waals surface area (Å²) >= 11 is 0. The standard InChI is InChI=1S/C18H28N2O2/c1-14(2)22-17-11-7-6-10-16(17)20-18(21)12-13-19-15-8-4-3-5-9-15/h6-7,10-11,14-15,19H,3-5,8-9,12-13H2,1-2H3,(H,20,21). The lowest BCUT2D eigenvalue weighted by Crippen LogP contribution is -2.33. The van der Waals surface area contributed by atoms with Crippen LogP contribution in [-0.2, 0) is 4.79 Å². The van der Waals surface area contributed by atoms with E-state index in [2.05, 4.69) is 10.6 Å². The molecule has 1 amide bonds. The number of carbonyl (C=O) groups excluding carboxylic acids is 1. The van der Waals surface area contributed by atoms with E-state index in [0.717, 1.165) is 18.0 Å². The lowest BCUT2D eigenvalue weighted by Gasteiger charge is -2.22. The Bertz CT molecular complexity index is 468. The van der Waals surface area contributed by atoms with Gasteiger partial charge in [-0.2, -0.15) is 0 Å². The third kappa shape index (κ3) is 5.68. The Morgan fingerprint density at radius 2 is 1.95 bits per heavy atom. The van der Waals surface area contributed by atoms with Crippen molar-refractivity contribution in [3.63, 3.8) is 0 Å². The zero-order valence-corrected chi connectivity index (χ0v) is 13.7. The quantitative estimate of drug-likeness (QED) is 0.807. The van der Waals surface area contributed by atoms with E-state index >= 15 is 0 Å². The first kappa shape index (κ1) is 16.8. The van der Waals surface area contributed by atoms with Crippen LogP contribution in [0.3, 0.4) is 0 Å². The topological polar surface area (TPSA) is 50.4 Å². The van der Waals surface area contributed by atoms with E-state index in [9.17, 15) is 4.79 Å². The molecule has 0 heterocycles. The average Bonchev–Trinajstić information content (AvgIpc) is 2.50. The van der Waals surface area contributed by atoms with Crippen LogP contribution in [0.5, 0.6) is 5.75 Å². The second kappa shape index (κ2) is 8.79. The number of amides is 1. The van der Waals surface area contributed by atoms with Crippen LogP contribution in [0.25, 0.3) is 0 Å². The molecule has 4 nitrogen and oxygen atoms in total. The van der Waals surface area contributed by atoms with E-state index in [1.165, 1.54) is 32.1 Å². The van der Waals surface area contributed by atoms with Crippen molar-refractivity contribution in [1.82, 2.24) is 5.32 Å². The van der Waals surface area contributed by atoms with Crippen LogP contribution >= 0.6 is 0 Å². The van der Waals surface area contributed by atoms with E-state index in [4.69, 9.17) is 4.74 Å². The highest BCUT2D eigenvalue weighted by molar-refractivity contribution is 5.92. The number of rotatable bonds is 7. The van der Waals surface area contributed by atoms with Gasteiger partial charge in [0.1, 0.15) is 5.75 Å². The molecule has 0 aromatic heterocycles. The van der Waals surface area contributed by atoms with Gasteiger partial charge in [0.15, 0.2) is 0 Å². The number of nitrogens with one attached hydrogen (secondary N) is 2. The van der Waals surface area contributed by atoms with Gasteiger partial charge in [0, 0.05) is 19.0 Å². The van der Waals surface area contributed by atoms with Gasteiger partial charge < -0.3 is 15.4 Å². The molecular formula is C18H28N2O2. The van der Waals surface area contributed by atoms with Gasteiger partial charge in [-0.15, -0.1) is 0 Å². The van der Waals surface area contributed by atoms with Crippen LogP contribution in [0.2, 0.25) is 0 Å². The van der Waals surface area contributed by atoms with E-state index in [-0.39, 0.29) is 12.0 Å². The summed E-state index contributed by atoms with van der Waals surface area (Å²) in [5.74, 6) is 0.759. The lowest BCUT2D eigenvalue weighted by molar-refractivity contribution is -0.116. The van der Waals surface area contributed by atoms with Gasteiger partial charge in [0.25, 0.3) is 0 Å². The Balaban J connectivity index is 1.76.